The van der Waals surface area contributed by atoms with Crippen LogP contribution in [0.15, 0.2) is 35.2 Å². The number of nitrogens with zero attached hydrogens (tertiary/aromatic N) is 2. The number of hydrogen-bond donors (Lipinski definition) is 1. The van der Waals surface area contributed by atoms with Gasteiger partial charge in [0.25, 0.3) is 0 Å². The van der Waals surface area contributed by atoms with E-state index in [-0.39, 0.29) is 0 Å². The van der Waals surface area contributed by atoms with E-state index in [1.54, 1.807) is 0 Å². The molecule has 1 heterocycles. The van der Waals surface area contributed by atoms with Gasteiger partial charge in [0.05, 0.1) is 18.6 Å². The monoisotopic (exact) mass is 307 g/mol. The van der Waals surface area contributed by atoms with Crippen LogP contribution >= 0.6 is 15.9 Å². The van der Waals surface area contributed by atoms with Crippen molar-refractivity contribution in [3.8, 4) is 0 Å². The zero-order chi connectivity index (χ0) is 13.1. The van der Waals surface area contributed by atoms with Gasteiger partial charge in [-0.3, -0.25) is 0 Å². The van der Waals surface area contributed by atoms with Gasteiger partial charge in [0.1, 0.15) is 0 Å². The van der Waals surface area contributed by atoms with Gasteiger partial charge in [0, 0.05) is 22.4 Å². The summed E-state index contributed by atoms with van der Waals surface area (Å²) in [5.74, 6) is 0. The number of anilines is 1. The van der Waals surface area contributed by atoms with E-state index < -0.39 is 0 Å². The van der Waals surface area contributed by atoms with Crippen LogP contribution in [0.4, 0.5) is 5.69 Å². The van der Waals surface area contributed by atoms with Crippen molar-refractivity contribution in [2.24, 2.45) is 0 Å². The van der Waals surface area contributed by atoms with E-state index in [9.17, 15) is 0 Å². The molecular weight excluding hydrogens is 290 g/mol. The number of nitrogens with one attached hydrogen (secondary N) is 1. The molecule has 0 aliphatic heterocycles. The first-order chi connectivity index (χ1) is 8.58. The lowest BCUT2D eigenvalue weighted by atomic mass is 10.2. The zero-order valence-corrected chi connectivity index (χ0v) is 12.5. The molecule has 0 bridgehead atoms. The largest absolute Gasteiger partial charge is 0.379 e. The van der Waals surface area contributed by atoms with E-state index in [4.69, 9.17) is 0 Å². The lowest BCUT2D eigenvalue weighted by molar-refractivity contribution is 0.577. The molecule has 0 saturated carbocycles. The summed E-state index contributed by atoms with van der Waals surface area (Å²) in [5, 5.41) is 3.46. The van der Waals surface area contributed by atoms with Crippen LogP contribution in [0.25, 0.3) is 0 Å². The first-order valence-corrected chi connectivity index (χ1v) is 6.88. The first kappa shape index (κ1) is 13.1. The average Bonchev–Trinajstić information content (AvgIpc) is 2.76. The molecular formula is C14H18BrN3. The standard InChI is InChI=1S/C14H18BrN3/c1-10(2)18-9-16-7-13(18)8-17-14-5-4-12(15)6-11(14)3/h4-7,9-10,17H,8H2,1-3H3. The summed E-state index contributed by atoms with van der Waals surface area (Å²) in [5.41, 5.74) is 3.60. The van der Waals surface area contributed by atoms with E-state index in [2.05, 4.69) is 69.8 Å². The molecule has 4 heteroatoms. The highest BCUT2D eigenvalue weighted by Gasteiger charge is 2.05. The Labute approximate surface area is 116 Å². The Hall–Kier alpha value is -1.29. The molecule has 0 aliphatic carbocycles. The molecule has 0 spiro atoms. The van der Waals surface area contributed by atoms with Gasteiger partial charge < -0.3 is 9.88 Å². The maximum absolute atomic E-state index is 4.21. The van der Waals surface area contributed by atoms with Crippen LogP contribution in [0.5, 0.6) is 0 Å². The second-order valence-corrected chi connectivity index (χ2v) is 5.61. The fraction of sp³-hybridized carbons (Fsp3) is 0.357. The Morgan fingerprint density at radius 3 is 2.83 bits per heavy atom. The number of benzene rings is 1. The van der Waals surface area contributed by atoms with Gasteiger partial charge >= 0.3 is 0 Å². The molecule has 18 heavy (non-hydrogen) atoms. The third kappa shape index (κ3) is 2.93. The highest BCUT2D eigenvalue weighted by atomic mass is 79.9. The van der Waals surface area contributed by atoms with E-state index >= 15 is 0 Å². The lowest BCUT2D eigenvalue weighted by Gasteiger charge is -2.14. The predicted molar refractivity (Wildman–Crippen MR) is 78.8 cm³/mol. The lowest BCUT2D eigenvalue weighted by Crippen LogP contribution is -2.09. The molecule has 1 aromatic heterocycles. The second-order valence-electron chi connectivity index (χ2n) is 4.70. The quantitative estimate of drug-likeness (QED) is 0.919. The normalized spacial score (nSPS) is 10.9. The van der Waals surface area contributed by atoms with Crippen LogP contribution in [0.2, 0.25) is 0 Å². The number of halogens is 1. The van der Waals surface area contributed by atoms with Crippen LogP contribution in [-0.2, 0) is 6.54 Å². The fourth-order valence-electron chi connectivity index (χ4n) is 1.95. The Balaban J connectivity index is 2.09. The van der Waals surface area contributed by atoms with Crippen molar-refractivity contribution in [2.75, 3.05) is 5.32 Å². The summed E-state index contributed by atoms with van der Waals surface area (Å²) in [6.45, 7) is 7.22. The Morgan fingerprint density at radius 2 is 2.17 bits per heavy atom. The van der Waals surface area contributed by atoms with E-state index in [0.717, 1.165) is 16.7 Å². The summed E-state index contributed by atoms with van der Waals surface area (Å²) in [7, 11) is 0. The Kier molecular flexibility index (Phi) is 4.07. The van der Waals surface area contributed by atoms with E-state index in [1.165, 1.54) is 11.3 Å². The molecule has 0 unspecified atom stereocenters. The summed E-state index contributed by atoms with van der Waals surface area (Å²) in [4.78, 5) is 4.21. The third-order valence-electron chi connectivity index (χ3n) is 2.95. The highest BCUT2D eigenvalue weighted by Crippen LogP contribution is 2.21. The minimum atomic E-state index is 0.440. The van der Waals surface area contributed by atoms with Crippen LogP contribution in [0, 0.1) is 6.92 Å². The van der Waals surface area contributed by atoms with Gasteiger partial charge in [-0.2, -0.15) is 0 Å². The van der Waals surface area contributed by atoms with E-state index in [1.807, 2.05) is 12.5 Å². The molecule has 3 nitrogen and oxygen atoms in total. The molecule has 2 aromatic rings. The third-order valence-corrected chi connectivity index (χ3v) is 3.44. The summed E-state index contributed by atoms with van der Waals surface area (Å²) in [6, 6.07) is 6.70. The minimum absolute atomic E-state index is 0.440. The number of imidazole rings is 1. The molecule has 2 rings (SSSR count). The van der Waals surface area contributed by atoms with Gasteiger partial charge in [-0.25, -0.2) is 4.98 Å². The van der Waals surface area contributed by atoms with Gasteiger partial charge in [-0.15, -0.1) is 0 Å². The summed E-state index contributed by atoms with van der Waals surface area (Å²) >= 11 is 3.47. The molecule has 0 atom stereocenters. The topological polar surface area (TPSA) is 29.9 Å². The van der Waals surface area contributed by atoms with Crippen molar-refractivity contribution in [3.05, 3.63) is 46.5 Å². The number of rotatable bonds is 4. The molecule has 96 valence electrons. The summed E-state index contributed by atoms with van der Waals surface area (Å²) in [6.07, 6.45) is 3.80. The molecule has 0 saturated heterocycles. The smallest absolute Gasteiger partial charge is 0.0951 e. The second kappa shape index (κ2) is 5.57. The molecule has 0 aliphatic rings. The molecule has 0 radical (unpaired) electrons. The number of aromatic nitrogens is 2. The maximum atomic E-state index is 4.21. The van der Waals surface area contributed by atoms with Crippen LogP contribution in [0.1, 0.15) is 31.1 Å². The van der Waals surface area contributed by atoms with Gasteiger partial charge in [-0.05, 0) is 44.5 Å². The highest BCUT2D eigenvalue weighted by molar-refractivity contribution is 9.10. The SMILES string of the molecule is Cc1cc(Br)ccc1NCc1cncn1C(C)C. The number of aryl methyl sites for hydroxylation is 1. The Morgan fingerprint density at radius 1 is 1.39 bits per heavy atom. The van der Waals surface area contributed by atoms with Gasteiger partial charge in [0.2, 0.25) is 0 Å². The van der Waals surface area contributed by atoms with Crippen LogP contribution < -0.4 is 5.32 Å². The van der Waals surface area contributed by atoms with E-state index in [0.29, 0.717) is 6.04 Å². The molecule has 0 fully saturated rings. The van der Waals surface area contributed by atoms with Crippen LogP contribution in [0.3, 0.4) is 0 Å². The predicted octanol–water partition coefficient (Wildman–Crippen LogP) is 4.15. The van der Waals surface area contributed by atoms with Crippen molar-refractivity contribution < 1.29 is 0 Å². The average molecular weight is 308 g/mol. The molecule has 1 aromatic carbocycles. The van der Waals surface area contributed by atoms with Crippen molar-refractivity contribution in [1.82, 2.24) is 9.55 Å². The summed E-state index contributed by atoms with van der Waals surface area (Å²) < 4.78 is 3.29. The van der Waals surface area contributed by atoms with Crippen LogP contribution in [-0.4, -0.2) is 9.55 Å². The van der Waals surface area contributed by atoms with Crippen molar-refractivity contribution in [3.63, 3.8) is 0 Å². The van der Waals surface area contributed by atoms with Gasteiger partial charge in [-0.1, -0.05) is 15.9 Å². The first-order valence-electron chi connectivity index (χ1n) is 6.08. The zero-order valence-electron chi connectivity index (χ0n) is 10.9. The Bertz CT molecular complexity index is 532. The molecule has 1 N–H and O–H groups in total. The van der Waals surface area contributed by atoms with Crippen molar-refractivity contribution in [2.45, 2.75) is 33.4 Å². The van der Waals surface area contributed by atoms with Crippen molar-refractivity contribution >= 4 is 21.6 Å². The van der Waals surface area contributed by atoms with Gasteiger partial charge in [0.15, 0.2) is 0 Å². The molecule has 0 amide bonds. The fourth-order valence-corrected chi connectivity index (χ4v) is 2.42. The number of hydrogen-bond acceptors (Lipinski definition) is 2. The maximum Gasteiger partial charge on any atom is 0.0951 e. The van der Waals surface area contributed by atoms with Crippen molar-refractivity contribution in [1.29, 1.82) is 0 Å². The minimum Gasteiger partial charge on any atom is -0.379 e.